The van der Waals surface area contributed by atoms with Gasteiger partial charge in [0.1, 0.15) is 24.0 Å². The predicted octanol–water partition coefficient (Wildman–Crippen LogP) is 3.67. The summed E-state index contributed by atoms with van der Waals surface area (Å²) in [4.78, 5) is 28.3. The van der Waals surface area contributed by atoms with Crippen molar-refractivity contribution in [2.24, 2.45) is 7.05 Å². The lowest BCUT2D eigenvalue weighted by atomic mass is 10.0. The number of anilines is 1. The molecule has 0 aliphatic carbocycles. The van der Waals surface area contributed by atoms with Crippen LogP contribution in [0, 0.1) is 6.92 Å². The number of ether oxygens (including phenoxy) is 1. The molecule has 1 aliphatic rings. The topological polar surface area (TPSA) is 112 Å². The van der Waals surface area contributed by atoms with Crippen molar-refractivity contribution >= 4 is 33.5 Å². The number of nitrogens with zero attached hydrogens (tertiary/aromatic N) is 6. The highest BCUT2D eigenvalue weighted by molar-refractivity contribution is 6.10. The standard InChI is InChI=1S/C26H23N7O2/c1-14-28-10-17(11-29-14)15-4-6-18-22(13-35-23(18)9-15)32(2)26(34)16-5-7-21-19(8-16)24-20(25(27)31-21)12-30-33(24)3/h4-12,22H,13H2,1-3H3,(H2,27,31)/t22-/m1/s1. The van der Waals surface area contributed by atoms with E-state index in [-0.39, 0.29) is 11.9 Å². The SMILES string of the molecule is Cc1ncc(-c2ccc3c(c2)OC[C@H]3N(C)C(=O)c2ccc3nc(N)c4cnn(C)c4c3c2)cn1. The van der Waals surface area contributed by atoms with E-state index in [1.807, 2.05) is 44.3 Å². The zero-order valence-corrected chi connectivity index (χ0v) is 19.6. The van der Waals surface area contributed by atoms with Gasteiger partial charge in [-0.2, -0.15) is 5.10 Å². The average molecular weight is 466 g/mol. The molecule has 6 rings (SSSR count). The Kier molecular flexibility index (Phi) is 4.67. The second kappa shape index (κ2) is 7.76. The maximum atomic E-state index is 13.5. The molecule has 0 saturated carbocycles. The van der Waals surface area contributed by atoms with Gasteiger partial charge >= 0.3 is 0 Å². The maximum absolute atomic E-state index is 13.5. The molecule has 0 bridgehead atoms. The number of likely N-dealkylation sites (N-methyl/N-ethyl adjacent to an activating group) is 1. The van der Waals surface area contributed by atoms with E-state index in [0.29, 0.717) is 18.0 Å². The van der Waals surface area contributed by atoms with Crippen LogP contribution in [0.15, 0.2) is 55.0 Å². The predicted molar refractivity (Wildman–Crippen MR) is 133 cm³/mol. The lowest BCUT2D eigenvalue weighted by Gasteiger charge is -2.24. The molecule has 3 aromatic heterocycles. The summed E-state index contributed by atoms with van der Waals surface area (Å²) in [5, 5.41) is 5.92. The first-order valence-electron chi connectivity index (χ1n) is 11.2. The molecule has 0 saturated heterocycles. The summed E-state index contributed by atoms with van der Waals surface area (Å²) in [6.45, 7) is 2.25. The van der Waals surface area contributed by atoms with E-state index < -0.39 is 0 Å². The molecule has 0 radical (unpaired) electrons. The summed E-state index contributed by atoms with van der Waals surface area (Å²) in [6, 6.07) is 11.3. The molecular weight excluding hydrogens is 442 g/mol. The average Bonchev–Trinajstić information content (AvgIpc) is 3.47. The Morgan fingerprint density at radius 1 is 1.09 bits per heavy atom. The molecule has 4 heterocycles. The van der Waals surface area contributed by atoms with Crippen molar-refractivity contribution < 1.29 is 9.53 Å². The van der Waals surface area contributed by atoms with Gasteiger partial charge in [-0.15, -0.1) is 0 Å². The van der Waals surface area contributed by atoms with Crippen LogP contribution in [-0.4, -0.2) is 49.2 Å². The van der Waals surface area contributed by atoms with Crippen LogP contribution in [0.1, 0.15) is 27.8 Å². The molecule has 174 valence electrons. The summed E-state index contributed by atoms with van der Waals surface area (Å²) in [6.07, 6.45) is 5.29. The molecule has 9 nitrogen and oxygen atoms in total. The third-order valence-electron chi connectivity index (χ3n) is 6.63. The number of fused-ring (bicyclic) bond motifs is 4. The smallest absolute Gasteiger partial charge is 0.254 e. The van der Waals surface area contributed by atoms with Crippen molar-refractivity contribution in [3.63, 3.8) is 0 Å². The van der Waals surface area contributed by atoms with Crippen molar-refractivity contribution in [3.05, 3.63) is 71.9 Å². The van der Waals surface area contributed by atoms with Crippen molar-refractivity contribution in [1.82, 2.24) is 29.6 Å². The molecule has 2 aromatic carbocycles. The van der Waals surface area contributed by atoms with E-state index in [4.69, 9.17) is 10.5 Å². The molecular formula is C26H23N7O2. The lowest BCUT2D eigenvalue weighted by molar-refractivity contribution is 0.0708. The fourth-order valence-electron chi connectivity index (χ4n) is 4.67. The molecule has 0 spiro atoms. The Morgan fingerprint density at radius 3 is 2.69 bits per heavy atom. The number of carbonyl (C=O) groups excluding carboxylic acids is 1. The van der Waals surface area contributed by atoms with Crippen LogP contribution in [0.25, 0.3) is 32.9 Å². The summed E-state index contributed by atoms with van der Waals surface area (Å²) in [5.74, 6) is 1.82. The van der Waals surface area contributed by atoms with E-state index in [9.17, 15) is 4.79 Å². The molecule has 9 heteroatoms. The van der Waals surface area contributed by atoms with Crippen molar-refractivity contribution in [2.45, 2.75) is 13.0 Å². The number of nitrogens with two attached hydrogens (primary N) is 1. The number of hydrogen-bond donors (Lipinski definition) is 1. The maximum Gasteiger partial charge on any atom is 0.254 e. The van der Waals surface area contributed by atoms with E-state index in [2.05, 4.69) is 20.1 Å². The Bertz CT molecular complexity index is 1630. The molecule has 2 N–H and O–H groups in total. The third kappa shape index (κ3) is 3.35. The van der Waals surface area contributed by atoms with Crippen LogP contribution < -0.4 is 10.5 Å². The number of rotatable bonds is 3. The van der Waals surface area contributed by atoms with Gasteiger partial charge in [0.15, 0.2) is 0 Å². The minimum atomic E-state index is -0.197. The van der Waals surface area contributed by atoms with Crippen molar-refractivity contribution in [3.8, 4) is 16.9 Å². The van der Waals surface area contributed by atoms with Crippen LogP contribution in [0.4, 0.5) is 5.82 Å². The highest BCUT2D eigenvalue weighted by Gasteiger charge is 2.31. The summed E-state index contributed by atoms with van der Waals surface area (Å²) >= 11 is 0. The number of aryl methyl sites for hydroxylation is 2. The first-order chi connectivity index (χ1) is 16.9. The second-order valence-corrected chi connectivity index (χ2v) is 8.77. The van der Waals surface area contributed by atoms with Crippen LogP contribution in [-0.2, 0) is 7.05 Å². The lowest BCUT2D eigenvalue weighted by Crippen LogP contribution is -2.32. The number of amides is 1. The minimum absolute atomic E-state index is 0.100. The molecule has 0 unspecified atom stereocenters. The van der Waals surface area contributed by atoms with Gasteiger partial charge < -0.3 is 15.4 Å². The number of aromatic nitrogens is 5. The quantitative estimate of drug-likeness (QED) is 0.433. The number of nitrogen functional groups attached to an aromatic ring is 1. The van der Waals surface area contributed by atoms with Crippen molar-refractivity contribution in [2.75, 3.05) is 19.4 Å². The van der Waals surface area contributed by atoms with Crippen LogP contribution in [0.2, 0.25) is 0 Å². The van der Waals surface area contributed by atoms with Crippen LogP contribution >= 0.6 is 0 Å². The Balaban J connectivity index is 1.32. The van der Waals surface area contributed by atoms with E-state index >= 15 is 0 Å². The van der Waals surface area contributed by atoms with Gasteiger partial charge in [0, 0.05) is 48.6 Å². The minimum Gasteiger partial charge on any atom is -0.491 e. The first kappa shape index (κ1) is 21.0. The largest absolute Gasteiger partial charge is 0.491 e. The fourth-order valence-corrected chi connectivity index (χ4v) is 4.67. The normalized spacial score (nSPS) is 14.8. The third-order valence-corrected chi connectivity index (χ3v) is 6.63. The van der Waals surface area contributed by atoms with Gasteiger partial charge in [-0.1, -0.05) is 12.1 Å². The summed E-state index contributed by atoms with van der Waals surface area (Å²) < 4.78 is 7.74. The van der Waals surface area contributed by atoms with Crippen LogP contribution in [0.5, 0.6) is 5.75 Å². The molecule has 1 amide bonds. The highest BCUT2D eigenvalue weighted by Crippen LogP contribution is 2.39. The zero-order valence-electron chi connectivity index (χ0n) is 19.6. The fraction of sp³-hybridized carbons (Fsp3) is 0.192. The number of pyridine rings is 1. The van der Waals surface area contributed by atoms with Crippen LogP contribution in [0.3, 0.4) is 0 Å². The number of hydrogen-bond acceptors (Lipinski definition) is 7. The van der Waals surface area contributed by atoms with Gasteiger partial charge in [0.2, 0.25) is 0 Å². The van der Waals surface area contributed by atoms with E-state index in [0.717, 1.165) is 50.1 Å². The number of carbonyl (C=O) groups is 1. The Labute approximate surface area is 201 Å². The van der Waals surface area contributed by atoms with Crippen molar-refractivity contribution in [1.29, 1.82) is 0 Å². The van der Waals surface area contributed by atoms with Gasteiger partial charge in [0.05, 0.1) is 28.7 Å². The molecule has 1 atom stereocenters. The Hall–Kier alpha value is -4.53. The van der Waals surface area contributed by atoms with Gasteiger partial charge in [0.25, 0.3) is 5.91 Å². The monoisotopic (exact) mass is 465 g/mol. The number of benzene rings is 2. The molecule has 1 aliphatic heterocycles. The van der Waals surface area contributed by atoms with Gasteiger partial charge in [-0.3, -0.25) is 9.48 Å². The van der Waals surface area contributed by atoms with Gasteiger partial charge in [-0.05, 0) is 36.8 Å². The summed E-state index contributed by atoms with van der Waals surface area (Å²) in [7, 11) is 3.66. The molecule has 35 heavy (non-hydrogen) atoms. The highest BCUT2D eigenvalue weighted by atomic mass is 16.5. The summed E-state index contributed by atoms with van der Waals surface area (Å²) in [5.41, 5.74) is 11.1. The van der Waals surface area contributed by atoms with Gasteiger partial charge in [-0.25, -0.2) is 15.0 Å². The first-order valence-corrected chi connectivity index (χ1v) is 11.2. The molecule has 0 fully saturated rings. The Morgan fingerprint density at radius 2 is 1.89 bits per heavy atom. The molecule has 5 aromatic rings. The second-order valence-electron chi connectivity index (χ2n) is 8.77. The zero-order chi connectivity index (χ0) is 24.3. The van der Waals surface area contributed by atoms with E-state index in [1.165, 1.54) is 0 Å². The van der Waals surface area contributed by atoms with E-state index in [1.54, 1.807) is 41.3 Å².